The highest BCUT2D eigenvalue weighted by Gasteiger charge is 2.20. The molecule has 0 radical (unpaired) electrons. The summed E-state index contributed by atoms with van der Waals surface area (Å²) in [6.45, 7) is 8.05. The SMILES string of the molecule is CCCC(O)CNC(=O)CCNC(=O)C(C)(C)C. The molecule has 0 aliphatic carbocycles. The quantitative estimate of drug-likeness (QED) is 0.632. The van der Waals surface area contributed by atoms with Gasteiger partial charge < -0.3 is 15.7 Å². The summed E-state index contributed by atoms with van der Waals surface area (Å²) < 4.78 is 0. The van der Waals surface area contributed by atoms with Crippen molar-refractivity contribution >= 4 is 11.8 Å². The lowest BCUT2D eigenvalue weighted by molar-refractivity contribution is -0.128. The van der Waals surface area contributed by atoms with E-state index in [9.17, 15) is 14.7 Å². The Kier molecular flexibility index (Phi) is 7.59. The third-order valence-electron chi connectivity index (χ3n) is 2.48. The summed E-state index contributed by atoms with van der Waals surface area (Å²) in [5, 5.41) is 14.8. The van der Waals surface area contributed by atoms with E-state index in [0.29, 0.717) is 13.0 Å². The Labute approximate surface area is 109 Å². The van der Waals surface area contributed by atoms with Crippen molar-refractivity contribution < 1.29 is 14.7 Å². The average molecular weight is 258 g/mol. The number of hydrogen-bond acceptors (Lipinski definition) is 3. The number of aliphatic hydroxyl groups is 1. The zero-order valence-corrected chi connectivity index (χ0v) is 11.9. The second kappa shape index (κ2) is 8.08. The molecule has 0 saturated heterocycles. The van der Waals surface area contributed by atoms with Crippen LogP contribution in [0.1, 0.15) is 47.0 Å². The third-order valence-corrected chi connectivity index (χ3v) is 2.48. The molecule has 0 rings (SSSR count). The van der Waals surface area contributed by atoms with Gasteiger partial charge in [-0.3, -0.25) is 9.59 Å². The van der Waals surface area contributed by atoms with Crippen LogP contribution in [0.15, 0.2) is 0 Å². The van der Waals surface area contributed by atoms with Gasteiger partial charge >= 0.3 is 0 Å². The first kappa shape index (κ1) is 16.9. The standard InChI is InChI=1S/C13H26N2O3/c1-5-6-10(16)9-15-11(17)7-8-14-12(18)13(2,3)4/h10,16H,5-9H2,1-4H3,(H,14,18)(H,15,17). The van der Waals surface area contributed by atoms with Crippen molar-refractivity contribution in [3.05, 3.63) is 0 Å². The van der Waals surface area contributed by atoms with Crippen LogP contribution in [0.25, 0.3) is 0 Å². The van der Waals surface area contributed by atoms with E-state index < -0.39 is 11.5 Å². The maximum atomic E-state index is 11.5. The minimum Gasteiger partial charge on any atom is -0.391 e. The summed E-state index contributed by atoms with van der Waals surface area (Å²) in [5.74, 6) is -0.222. The third kappa shape index (κ3) is 8.06. The van der Waals surface area contributed by atoms with E-state index in [0.717, 1.165) is 6.42 Å². The molecule has 0 aliphatic heterocycles. The molecule has 18 heavy (non-hydrogen) atoms. The summed E-state index contributed by atoms with van der Waals surface area (Å²) in [6.07, 6.45) is 1.32. The predicted molar refractivity (Wildman–Crippen MR) is 71.0 cm³/mol. The molecular formula is C13H26N2O3. The Hall–Kier alpha value is -1.10. The largest absolute Gasteiger partial charge is 0.391 e. The summed E-state index contributed by atoms with van der Waals surface area (Å²) in [6, 6.07) is 0. The van der Waals surface area contributed by atoms with Gasteiger partial charge in [-0.1, -0.05) is 34.1 Å². The zero-order valence-electron chi connectivity index (χ0n) is 11.9. The molecule has 3 N–H and O–H groups in total. The molecule has 0 fully saturated rings. The molecule has 1 unspecified atom stereocenters. The van der Waals surface area contributed by atoms with Gasteiger partial charge in [0, 0.05) is 24.9 Å². The van der Waals surface area contributed by atoms with Crippen LogP contribution < -0.4 is 10.6 Å². The van der Waals surface area contributed by atoms with Crippen molar-refractivity contribution in [2.24, 2.45) is 5.41 Å². The number of aliphatic hydroxyl groups excluding tert-OH is 1. The van der Waals surface area contributed by atoms with Crippen molar-refractivity contribution in [1.29, 1.82) is 0 Å². The van der Waals surface area contributed by atoms with E-state index in [4.69, 9.17) is 0 Å². The molecule has 0 bridgehead atoms. The smallest absolute Gasteiger partial charge is 0.225 e. The Morgan fingerprint density at radius 1 is 1.22 bits per heavy atom. The van der Waals surface area contributed by atoms with Crippen molar-refractivity contribution in [1.82, 2.24) is 10.6 Å². The highest BCUT2D eigenvalue weighted by atomic mass is 16.3. The van der Waals surface area contributed by atoms with Gasteiger partial charge in [0.2, 0.25) is 11.8 Å². The van der Waals surface area contributed by atoms with Crippen LogP contribution in [0.3, 0.4) is 0 Å². The van der Waals surface area contributed by atoms with Crippen molar-refractivity contribution in [3.63, 3.8) is 0 Å². The molecule has 0 aromatic heterocycles. The van der Waals surface area contributed by atoms with Gasteiger partial charge in [0.1, 0.15) is 0 Å². The van der Waals surface area contributed by atoms with E-state index >= 15 is 0 Å². The van der Waals surface area contributed by atoms with Crippen LogP contribution in [-0.2, 0) is 9.59 Å². The minimum atomic E-state index is -0.483. The summed E-state index contributed by atoms with van der Waals surface area (Å²) in [5.41, 5.74) is -0.437. The van der Waals surface area contributed by atoms with Crippen LogP contribution in [0, 0.1) is 5.41 Å². The lowest BCUT2D eigenvalue weighted by Crippen LogP contribution is -2.38. The van der Waals surface area contributed by atoms with Gasteiger partial charge in [-0.15, -0.1) is 0 Å². The summed E-state index contributed by atoms with van der Waals surface area (Å²) >= 11 is 0. The Bertz CT molecular complexity index is 272. The molecule has 0 aromatic rings. The van der Waals surface area contributed by atoms with Crippen molar-refractivity contribution in [3.8, 4) is 0 Å². The molecule has 0 saturated carbocycles. The van der Waals surface area contributed by atoms with Crippen LogP contribution in [-0.4, -0.2) is 36.1 Å². The second-order valence-corrected chi connectivity index (χ2v) is 5.50. The molecule has 1 atom stereocenters. The molecule has 5 nitrogen and oxygen atoms in total. The number of nitrogens with one attached hydrogen (secondary N) is 2. The first-order valence-corrected chi connectivity index (χ1v) is 6.50. The molecule has 0 heterocycles. The highest BCUT2D eigenvalue weighted by Crippen LogP contribution is 2.11. The Balaban J connectivity index is 3.69. The molecule has 0 spiro atoms. The summed E-state index contributed by atoms with van der Waals surface area (Å²) in [4.78, 5) is 22.9. The number of rotatable bonds is 7. The van der Waals surface area contributed by atoms with E-state index in [1.54, 1.807) is 0 Å². The number of carbonyl (C=O) groups excluding carboxylic acids is 2. The van der Waals surface area contributed by atoms with E-state index in [2.05, 4.69) is 10.6 Å². The van der Waals surface area contributed by atoms with Crippen molar-refractivity contribution in [2.45, 2.75) is 53.1 Å². The van der Waals surface area contributed by atoms with Crippen LogP contribution in [0.2, 0.25) is 0 Å². The second-order valence-electron chi connectivity index (χ2n) is 5.50. The zero-order chi connectivity index (χ0) is 14.2. The van der Waals surface area contributed by atoms with E-state index in [-0.39, 0.29) is 24.8 Å². The van der Waals surface area contributed by atoms with E-state index in [1.807, 2.05) is 27.7 Å². The molecule has 0 aromatic carbocycles. The van der Waals surface area contributed by atoms with Gasteiger partial charge in [0.15, 0.2) is 0 Å². The van der Waals surface area contributed by atoms with Crippen LogP contribution in [0.5, 0.6) is 0 Å². The van der Waals surface area contributed by atoms with Crippen molar-refractivity contribution in [2.75, 3.05) is 13.1 Å². The fourth-order valence-electron chi connectivity index (χ4n) is 1.31. The van der Waals surface area contributed by atoms with Gasteiger partial charge in [0.25, 0.3) is 0 Å². The molecule has 2 amide bonds. The normalized spacial score (nSPS) is 12.9. The highest BCUT2D eigenvalue weighted by molar-refractivity contribution is 5.82. The molecule has 0 aliphatic rings. The lowest BCUT2D eigenvalue weighted by atomic mass is 9.96. The molecular weight excluding hydrogens is 232 g/mol. The minimum absolute atomic E-state index is 0.0682. The van der Waals surface area contributed by atoms with Gasteiger partial charge in [0.05, 0.1) is 6.10 Å². The summed E-state index contributed by atoms with van der Waals surface area (Å²) in [7, 11) is 0. The first-order chi connectivity index (χ1) is 8.27. The molecule has 5 heteroatoms. The van der Waals surface area contributed by atoms with Gasteiger partial charge in [-0.2, -0.15) is 0 Å². The monoisotopic (exact) mass is 258 g/mol. The topological polar surface area (TPSA) is 78.4 Å². The van der Waals surface area contributed by atoms with Crippen LogP contribution >= 0.6 is 0 Å². The first-order valence-electron chi connectivity index (χ1n) is 6.50. The number of hydrogen-bond donors (Lipinski definition) is 3. The fourth-order valence-corrected chi connectivity index (χ4v) is 1.31. The Morgan fingerprint density at radius 3 is 2.33 bits per heavy atom. The number of amides is 2. The van der Waals surface area contributed by atoms with Gasteiger partial charge in [-0.05, 0) is 6.42 Å². The lowest BCUT2D eigenvalue weighted by Gasteiger charge is -2.17. The maximum Gasteiger partial charge on any atom is 0.225 e. The number of carbonyl (C=O) groups is 2. The predicted octanol–water partition coefficient (Wildman–Crippen LogP) is 0.816. The van der Waals surface area contributed by atoms with Crippen LogP contribution in [0.4, 0.5) is 0 Å². The van der Waals surface area contributed by atoms with Gasteiger partial charge in [-0.25, -0.2) is 0 Å². The average Bonchev–Trinajstić information content (AvgIpc) is 2.25. The fraction of sp³-hybridized carbons (Fsp3) is 0.846. The van der Waals surface area contributed by atoms with E-state index in [1.165, 1.54) is 0 Å². The maximum absolute atomic E-state index is 11.5. The molecule has 106 valence electrons. The Morgan fingerprint density at radius 2 is 1.83 bits per heavy atom.